The predicted molar refractivity (Wildman–Crippen MR) is 86.0 cm³/mol. The highest BCUT2D eigenvalue weighted by Gasteiger charge is 2.19. The molecule has 7 heteroatoms. The lowest BCUT2D eigenvalue weighted by molar-refractivity contribution is 0.480. The Balaban J connectivity index is 2.22. The van der Waals surface area contributed by atoms with Crippen molar-refractivity contribution in [1.82, 2.24) is 0 Å². The number of hydrogen-bond donors (Lipinski definition) is 2. The van der Waals surface area contributed by atoms with Gasteiger partial charge in [-0.25, -0.2) is 0 Å². The van der Waals surface area contributed by atoms with Gasteiger partial charge >= 0.3 is 0 Å². The summed E-state index contributed by atoms with van der Waals surface area (Å²) in [6.07, 6.45) is 0. The molecule has 0 fully saturated rings. The molecule has 0 atom stereocenters. The molecule has 23 heavy (non-hydrogen) atoms. The molecule has 0 spiro atoms. The van der Waals surface area contributed by atoms with Crippen LogP contribution in [0, 0.1) is 0 Å². The predicted octanol–water partition coefficient (Wildman–Crippen LogP) is 4.21. The van der Waals surface area contributed by atoms with E-state index >= 15 is 0 Å². The van der Waals surface area contributed by atoms with Gasteiger partial charge in [-0.1, -0.05) is 42.5 Å². The van der Waals surface area contributed by atoms with Crippen molar-refractivity contribution in [3.63, 3.8) is 0 Å². The molecule has 0 radical (unpaired) electrons. The summed E-state index contributed by atoms with van der Waals surface area (Å²) >= 11 is 0. The van der Waals surface area contributed by atoms with Crippen LogP contribution >= 0.6 is 0 Å². The number of azo groups is 1. The van der Waals surface area contributed by atoms with Crippen LogP contribution in [0.3, 0.4) is 0 Å². The quantitative estimate of drug-likeness (QED) is 0.555. The van der Waals surface area contributed by atoms with Crippen LogP contribution in [0.1, 0.15) is 0 Å². The first-order valence-corrected chi connectivity index (χ1v) is 8.10. The fraction of sp³-hybridized carbons (Fsp3) is 0. The largest absolute Gasteiger partial charge is 0.505 e. The van der Waals surface area contributed by atoms with Crippen LogP contribution in [0.2, 0.25) is 0 Å². The highest BCUT2D eigenvalue weighted by molar-refractivity contribution is 7.86. The van der Waals surface area contributed by atoms with E-state index in [1.54, 1.807) is 42.5 Å². The van der Waals surface area contributed by atoms with Crippen molar-refractivity contribution in [2.24, 2.45) is 10.2 Å². The molecule has 3 aromatic carbocycles. The highest BCUT2D eigenvalue weighted by atomic mass is 32.2. The molecule has 0 heterocycles. The number of fused-ring (bicyclic) bond motifs is 1. The second-order valence-corrected chi connectivity index (χ2v) is 6.19. The molecule has 0 unspecified atom stereocenters. The van der Waals surface area contributed by atoms with Crippen molar-refractivity contribution in [2.75, 3.05) is 0 Å². The van der Waals surface area contributed by atoms with Crippen molar-refractivity contribution in [3.8, 4) is 5.75 Å². The molecule has 6 nitrogen and oxygen atoms in total. The van der Waals surface area contributed by atoms with Crippen molar-refractivity contribution >= 4 is 32.3 Å². The van der Waals surface area contributed by atoms with E-state index in [9.17, 15) is 18.1 Å². The average Bonchev–Trinajstić information content (AvgIpc) is 2.54. The molecular weight excluding hydrogens is 316 g/mol. The fourth-order valence-corrected chi connectivity index (χ4v) is 2.93. The van der Waals surface area contributed by atoms with Crippen molar-refractivity contribution in [2.45, 2.75) is 4.90 Å². The van der Waals surface area contributed by atoms with E-state index in [0.29, 0.717) is 5.69 Å². The van der Waals surface area contributed by atoms with Gasteiger partial charge < -0.3 is 5.11 Å². The average molecular weight is 328 g/mol. The zero-order chi connectivity index (χ0) is 16.4. The van der Waals surface area contributed by atoms with Gasteiger partial charge in [-0.2, -0.15) is 13.5 Å². The Morgan fingerprint density at radius 3 is 2.09 bits per heavy atom. The van der Waals surface area contributed by atoms with Crippen molar-refractivity contribution in [3.05, 3.63) is 60.7 Å². The number of rotatable bonds is 3. The Kier molecular flexibility index (Phi) is 3.81. The Hall–Kier alpha value is -2.77. The van der Waals surface area contributed by atoms with Gasteiger partial charge in [-0.05, 0) is 18.2 Å². The second-order valence-electron chi connectivity index (χ2n) is 4.80. The van der Waals surface area contributed by atoms with Crippen LogP contribution in [0.25, 0.3) is 10.8 Å². The van der Waals surface area contributed by atoms with E-state index in [1.807, 2.05) is 6.07 Å². The first-order valence-electron chi connectivity index (χ1n) is 6.66. The third-order valence-electron chi connectivity index (χ3n) is 3.27. The summed E-state index contributed by atoms with van der Waals surface area (Å²) in [5.41, 5.74) is 0.508. The Morgan fingerprint density at radius 2 is 1.43 bits per heavy atom. The van der Waals surface area contributed by atoms with Crippen LogP contribution in [0.5, 0.6) is 5.75 Å². The van der Waals surface area contributed by atoms with E-state index in [1.165, 1.54) is 6.07 Å². The Bertz CT molecular complexity index is 999. The van der Waals surface area contributed by atoms with Crippen LogP contribution in [-0.2, 0) is 10.1 Å². The number of phenols is 1. The summed E-state index contributed by atoms with van der Waals surface area (Å²) in [7, 11) is -4.46. The normalized spacial score (nSPS) is 12.0. The molecule has 3 aromatic rings. The van der Waals surface area contributed by atoms with Gasteiger partial charge in [0.15, 0.2) is 5.75 Å². The molecule has 116 valence electrons. The van der Waals surface area contributed by atoms with Gasteiger partial charge in [0.25, 0.3) is 10.1 Å². The summed E-state index contributed by atoms with van der Waals surface area (Å²) < 4.78 is 32.6. The van der Waals surface area contributed by atoms with Gasteiger partial charge in [-0.15, -0.1) is 5.11 Å². The standard InChI is InChI=1S/C16H12N2O4S/c19-16-13-9-5-4-8-12(13)15(23(20,21)22)10-14(16)18-17-11-6-2-1-3-7-11/h1-10,19H,(H,20,21,22)/b18-17+. The maximum absolute atomic E-state index is 11.6. The minimum Gasteiger partial charge on any atom is -0.505 e. The molecule has 2 N–H and O–H groups in total. The van der Waals surface area contributed by atoms with E-state index in [2.05, 4.69) is 10.2 Å². The molecule has 0 bridgehead atoms. The van der Waals surface area contributed by atoms with E-state index in [0.717, 1.165) is 6.07 Å². The molecule has 0 aliphatic heterocycles. The minimum atomic E-state index is -4.46. The molecule has 3 rings (SSSR count). The number of nitrogens with zero attached hydrogens (tertiary/aromatic N) is 2. The topological polar surface area (TPSA) is 99.3 Å². The highest BCUT2D eigenvalue weighted by Crippen LogP contribution is 2.39. The maximum atomic E-state index is 11.6. The van der Waals surface area contributed by atoms with E-state index in [-0.39, 0.29) is 27.1 Å². The second kappa shape index (κ2) is 5.79. The van der Waals surface area contributed by atoms with Gasteiger partial charge in [0.1, 0.15) is 10.6 Å². The summed E-state index contributed by atoms with van der Waals surface area (Å²) in [4.78, 5) is -0.326. The SMILES string of the molecule is O=S(=O)(O)c1cc(/N=N/c2ccccc2)c(O)c2ccccc12. The fourth-order valence-electron chi connectivity index (χ4n) is 2.21. The summed E-state index contributed by atoms with van der Waals surface area (Å²) in [6.45, 7) is 0. The molecule has 0 aliphatic rings. The number of hydrogen-bond acceptors (Lipinski definition) is 5. The molecule has 0 saturated carbocycles. The molecule has 0 amide bonds. The third-order valence-corrected chi connectivity index (χ3v) is 4.16. The lowest BCUT2D eigenvalue weighted by Gasteiger charge is -2.08. The maximum Gasteiger partial charge on any atom is 0.295 e. The van der Waals surface area contributed by atoms with E-state index < -0.39 is 10.1 Å². The number of aromatic hydroxyl groups is 1. The van der Waals surface area contributed by atoms with Crippen LogP contribution in [0.4, 0.5) is 11.4 Å². The van der Waals surface area contributed by atoms with Crippen molar-refractivity contribution < 1.29 is 18.1 Å². The van der Waals surface area contributed by atoms with E-state index in [4.69, 9.17) is 0 Å². The summed E-state index contributed by atoms with van der Waals surface area (Å²) in [5.74, 6) is -0.201. The molecule has 0 aliphatic carbocycles. The lowest BCUT2D eigenvalue weighted by Crippen LogP contribution is -1.99. The van der Waals surface area contributed by atoms with Crippen molar-refractivity contribution in [1.29, 1.82) is 0 Å². The Labute approximate surface area is 132 Å². The van der Waals surface area contributed by atoms with Gasteiger partial charge in [-0.3, -0.25) is 4.55 Å². The van der Waals surface area contributed by atoms with Gasteiger partial charge in [0, 0.05) is 10.8 Å². The zero-order valence-electron chi connectivity index (χ0n) is 11.8. The number of benzene rings is 3. The number of phenolic OH excluding ortho intramolecular Hbond substituents is 1. The minimum absolute atomic E-state index is 0.0415. The van der Waals surface area contributed by atoms with Crippen LogP contribution < -0.4 is 0 Å². The summed E-state index contributed by atoms with van der Waals surface area (Å²) in [6, 6.07) is 16.2. The lowest BCUT2D eigenvalue weighted by atomic mass is 10.1. The van der Waals surface area contributed by atoms with Gasteiger partial charge in [0.2, 0.25) is 0 Å². The smallest absolute Gasteiger partial charge is 0.295 e. The van der Waals surface area contributed by atoms with Crippen LogP contribution in [0.15, 0.2) is 75.8 Å². The molecule has 0 saturated heterocycles. The Morgan fingerprint density at radius 1 is 0.826 bits per heavy atom. The van der Waals surface area contributed by atoms with Crippen LogP contribution in [-0.4, -0.2) is 18.1 Å². The van der Waals surface area contributed by atoms with Gasteiger partial charge in [0.05, 0.1) is 5.69 Å². The first kappa shape index (κ1) is 15.1. The molecular formula is C16H12N2O4S. The zero-order valence-corrected chi connectivity index (χ0v) is 12.6. The monoisotopic (exact) mass is 328 g/mol. The summed E-state index contributed by atoms with van der Waals surface area (Å²) in [5, 5.41) is 18.6. The molecule has 0 aromatic heterocycles. The first-order chi connectivity index (χ1) is 11.0. The third kappa shape index (κ3) is 3.05.